The van der Waals surface area contributed by atoms with E-state index in [1.54, 1.807) is 0 Å². The molecule has 2 aromatic rings. The zero-order chi connectivity index (χ0) is 13.0. The molecular formula is C13H9BrF2N2. The number of nitrogens with zero attached hydrogens (tertiary/aromatic N) is 1. The van der Waals surface area contributed by atoms with Gasteiger partial charge in [0.1, 0.15) is 0 Å². The summed E-state index contributed by atoms with van der Waals surface area (Å²) >= 11 is 3.14. The zero-order valence-electron chi connectivity index (χ0n) is 9.20. The maximum atomic E-state index is 13.5. The number of rotatable bonds is 3. The van der Waals surface area contributed by atoms with Gasteiger partial charge in [0.25, 0.3) is 0 Å². The Labute approximate surface area is 111 Å². The number of hydrogen-bond acceptors (Lipinski definition) is 2. The lowest BCUT2D eigenvalue weighted by Gasteiger charge is -2.02. The normalized spacial score (nSPS) is 10.8. The molecule has 0 saturated heterocycles. The molecule has 0 atom stereocenters. The third kappa shape index (κ3) is 2.92. The van der Waals surface area contributed by atoms with Gasteiger partial charge in [-0.15, -0.1) is 0 Å². The number of nitrogens with one attached hydrogen (secondary N) is 1. The van der Waals surface area contributed by atoms with E-state index in [0.717, 1.165) is 11.8 Å². The van der Waals surface area contributed by atoms with Gasteiger partial charge in [-0.1, -0.05) is 34.1 Å². The number of hydrazone groups is 1. The second kappa shape index (κ2) is 5.73. The Morgan fingerprint density at radius 2 is 1.78 bits per heavy atom. The zero-order valence-corrected chi connectivity index (χ0v) is 10.8. The van der Waals surface area contributed by atoms with Crippen LogP contribution in [-0.2, 0) is 0 Å². The van der Waals surface area contributed by atoms with Gasteiger partial charge in [0.15, 0.2) is 11.6 Å². The molecule has 1 N–H and O–H groups in total. The minimum absolute atomic E-state index is 0.0680. The van der Waals surface area contributed by atoms with Crippen LogP contribution in [-0.4, -0.2) is 6.21 Å². The molecule has 0 saturated carbocycles. The topological polar surface area (TPSA) is 24.4 Å². The molecule has 0 spiro atoms. The SMILES string of the molecule is Fc1ccc(Br)c(C=NNc2ccccc2)c1F. The van der Waals surface area contributed by atoms with E-state index in [9.17, 15) is 8.78 Å². The first-order valence-electron chi connectivity index (χ1n) is 5.16. The fourth-order valence-corrected chi connectivity index (χ4v) is 1.75. The van der Waals surface area contributed by atoms with E-state index in [-0.39, 0.29) is 5.56 Å². The van der Waals surface area contributed by atoms with E-state index < -0.39 is 11.6 Å². The molecule has 0 aliphatic heterocycles. The second-order valence-corrected chi connectivity index (χ2v) is 4.35. The number of para-hydroxylation sites is 1. The van der Waals surface area contributed by atoms with Crippen LogP contribution >= 0.6 is 15.9 Å². The Bertz CT molecular complexity index is 571. The number of anilines is 1. The highest BCUT2D eigenvalue weighted by atomic mass is 79.9. The summed E-state index contributed by atoms with van der Waals surface area (Å²) in [5.74, 6) is -1.83. The average molecular weight is 311 g/mol. The molecule has 0 aliphatic rings. The van der Waals surface area contributed by atoms with Gasteiger partial charge in [0.2, 0.25) is 0 Å². The molecule has 92 valence electrons. The van der Waals surface area contributed by atoms with E-state index >= 15 is 0 Å². The Hall–Kier alpha value is -1.75. The van der Waals surface area contributed by atoms with Gasteiger partial charge in [0.05, 0.1) is 11.9 Å². The first kappa shape index (κ1) is 12.7. The van der Waals surface area contributed by atoms with Crippen LogP contribution in [0.25, 0.3) is 0 Å². The summed E-state index contributed by atoms with van der Waals surface area (Å²) in [4.78, 5) is 0. The molecular weight excluding hydrogens is 302 g/mol. The van der Waals surface area contributed by atoms with Crippen LogP contribution in [0.2, 0.25) is 0 Å². The molecule has 0 unspecified atom stereocenters. The van der Waals surface area contributed by atoms with Gasteiger partial charge in [-0.3, -0.25) is 5.43 Å². The van der Waals surface area contributed by atoms with Crippen LogP contribution in [0.15, 0.2) is 52.0 Å². The minimum atomic E-state index is -0.928. The van der Waals surface area contributed by atoms with Gasteiger partial charge >= 0.3 is 0 Å². The fraction of sp³-hybridized carbons (Fsp3) is 0. The first-order valence-corrected chi connectivity index (χ1v) is 5.95. The lowest BCUT2D eigenvalue weighted by Crippen LogP contribution is -1.97. The van der Waals surface area contributed by atoms with Crippen LogP contribution in [0.1, 0.15) is 5.56 Å². The summed E-state index contributed by atoms with van der Waals surface area (Å²) < 4.78 is 26.9. The second-order valence-electron chi connectivity index (χ2n) is 3.49. The summed E-state index contributed by atoms with van der Waals surface area (Å²) in [5.41, 5.74) is 3.56. The Kier molecular flexibility index (Phi) is 4.04. The maximum Gasteiger partial charge on any atom is 0.168 e. The molecule has 18 heavy (non-hydrogen) atoms. The van der Waals surface area contributed by atoms with E-state index in [2.05, 4.69) is 26.5 Å². The fourth-order valence-electron chi connectivity index (χ4n) is 1.35. The van der Waals surface area contributed by atoms with Gasteiger partial charge in [-0.2, -0.15) is 5.10 Å². The highest BCUT2D eigenvalue weighted by molar-refractivity contribution is 9.10. The number of hydrogen-bond donors (Lipinski definition) is 1. The molecule has 0 radical (unpaired) electrons. The van der Waals surface area contributed by atoms with Gasteiger partial charge in [0, 0.05) is 10.0 Å². The lowest BCUT2D eigenvalue weighted by atomic mass is 10.2. The van der Waals surface area contributed by atoms with Crippen molar-refractivity contribution in [3.8, 4) is 0 Å². The van der Waals surface area contributed by atoms with E-state index in [0.29, 0.717) is 4.47 Å². The maximum absolute atomic E-state index is 13.5. The van der Waals surface area contributed by atoms with Crippen molar-refractivity contribution in [2.75, 3.05) is 5.43 Å². The Balaban J connectivity index is 2.17. The summed E-state index contributed by atoms with van der Waals surface area (Å²) in [7, 11) is 0. The van der Waals surface area contributed by atoms with Crippen molar-refractivity contribution in [1.29, 1.82) is 0 Å². The molecule has 0 aromatic heterocycles. The van der Waals surface area contributed by atoms with Crippen LogP contribution < -0.4 is 5.43 Å². The quantitative estimate of drug-likeness (QED) is 0.513. The first-order chi connectivity index (χ1) is 8.68. The van der Waals surface area contributed by atoms with Gasteiger partial charge in [-0.25, -0.2) is 8.78 Å². The molecule has 5 heteroatoms. The number of benzene rings is 2. The van der Waals surface area contributed by atoms with Crippen LogP contribution in [0.3, 0.4) is 0 Å². The van der Waals surface area contributed by atoms with Crippen molar-refractivity contribution in [1.82, 2.24) is 0 Å². The molecule has 0 bridgehead atoms. The van der Waals surface area contributed by atoms with Crippen molar-refractivity contribution < 1.29 is 8.78 Å². The molecule has 2 nitrogen and oxygen atoms in total. The van der Waals surface area contributed by atoms with E-state index in [1.807, 2.05) is 30.3 Å². The molecule has 0 amide bonds. The Morgan fingerprint density at radius 3 is 2.50 bits per heavy atom. The van der Waals surface area contributed by atoms with Crippen molar-refractivity contribution in [3.05, 3.63) is 64.1 Å². The predicted molar refractivity (Wildman–Crippen MR) is 71.7 cm³/mol. The highest BCUT2D eigenvalue weighted by Crippen LogP contribution is 2.20. The predicted octanol–water partition coefficient (Wildman–Crippen LogP) is 4.17. The molecule has 0 aliphatic carbocycles. The van der Waals surface area contributed by atoms with Crippen LogP contribution in [0.4, 0.5) is 14.5 Å². The average Bonchev–Trinajstić information content (AvgIpc) is 2.39. The summed E-state index contributed by atoms with van der Waals surface area (Å²) in [6, 6.07) is 11.7. The number of halogens is 3. The van der Waals surface area contributed by atoms with E-state index in [1.165, 1.54) is 12.3 Å². The molecule has 2 rings (SSSR count). The third-order valence-corrected chi connectivity index (χ3v) is 2.93. The van der Waals surface area contributed by atoms with Gasteiger partial charge < -0.3 is 0 Å². The van der Waals surface area contributed by atoms with Crippen molar-refractivity contribution in [2.24, 2.45) is 5.10 Å². The summed E-state index contributed by atoms with van der Waals surface area (Å²) in [6.07, 6.45) is 1.23. The largest absolute Gasteiger partial charge is 0.279 e. The molecule has 0 fully saturated rings. The lowest BCUT2D eigenvalue weighted by molar-refractivity contribution is 0.507. The van der Waals surface area contributed by atoms with Gasteiger partial charge in [-0.05, 0) is 24.3 Å². The third-order valence-electron chi connectivity index (χ3n) is 2.24. The highest BCUT2D eigenvalue weighted by Gasteiger charge is 2.09. The van der Waals surface area contributed by atoms with Crippen molar-refractivity contribution in [3.63, 3.8) is 0 Å². The molecule has 0 heterocycles. The van der Waals surface area contributed by atoms with Crippen molar-refractivity contribution in [2.45, 2.75) is 0 Å². The minimum Gasteiger partial charge on any atom is -0.279 e. The van der Waals surface area contributed by atoms with Crippen LogP contribution in [0, 0.1) is 11.6 Å². The Morgan fingerprint density at radius 1 is 1.06 bits per heavy atom. The standard InChI is InChI=1S/C13H9BrF2N2/c14-11-6-7-12(15)13(16)10(11)8-17-18-9-4-2-1-3-5-9/h1-8,18H. The molecule has 2 aromatic carbocycles. The smallest absolute Gasteiger partial charge is 0.168 e. The summed E-state index contributed by atoms with van der Waals surface area (Å²) in [6.45, 7) is 0. The monoisotopic (exact) mass is 310 g/mol. The van der Waals surface area contributed by atoms with Crippen molar-refractivity contribution >= 4 is 27.8 Å². The summed E-state index contributed by atoms with van der Waals surface area (Å²) in [5, 5.41) is 3.86. The van der Waals surface area contributed by atoms with Crippen LogP contribution in [0.5, 0.6) is 0 Å². The van der Waals surface area contributed by atoms with E-state index in [4.69, 9.17) is 0 Å².